The Morgan fingerprint density at radius 2 is 1.44 bits per heavy atom. The second-order valence-corrected chi connectivity index (χ2v) is 20.0. The number of hydrogen-bond acceptors (Lipinski definition) is 0. The van der Waals surface area contributed by atoms with Crippen molar-refractivity contribution < 1.29 is 22.9 Å². The van der Waals surface area contributed by atoms with Crippen LogP contribution in [-0.4, -0.2) is 0 Å². The van der Waals surface area contributed by atoms with Crippen LogP contribution in [0.25, 0.3) is 6.08 Å². The molecular formula is C33H40Hf. The molecule has 0 saturated carbocycles. The Balaban J connectivity index is 1.62. The predicted molar refractivity (Wildman–Crippen MR) is 143 cm³/mol. The zero-order chi connectivity index (χ0) is 24.5. The van der Waals surface area contributed by atoms with Crippen molar-refractivity contribution >= 4 is 6.08 Å². The van der Waals surface area contributed by atoms with Crippen LogP contribution >= 0.6 is 0 Å². The van der Waals surface area contributed by atoms with E-state index in [1.807, 2.05) is 0 Å². The fourth-order valence-electron chi connectivity index (χ4n) is 6.93. The van der Waals surface area contributed by atoms with E-state index in [2.05, 4.69) is 110 Å². The minimum atomic E-state index is -1.30. The molecule has 0 nitrogen and oxygen atoms in total. The van der Waals surface area contributed by atoms with Crippen molar-refractivity contribution in [1.29, 1.82) is 0 Å². The third-order valence-corrected chi connectivity index (χ3v) is 17.8. The van der Waals surface area contributed by atoms with E-state index in [1.165, 1.54) is 30.4 Å². The van der Waals surface area contributed by atoms with Gasteiger partial charge in [-0.2, -0.15) is 0 Å². The van der Waals surface area contributed by atoms with Gasteiger partial charge in [-0.15, -0.1) is 0 Å². The van der Waals surface area contributed by atoms with Gasteiger partial charge in [0, 0.05) is 0 Å². The monoisotopic (exact) mass is 616 g/mol. The molecule has 2 atom stereocenters. The van der Waals surface area contributed by atoms with Gasteiger partial charge in [0.1, 0.15) is 0 Å². The zero-order valence-corrected chi connectivity index (χ0v) is 26.0. The van der Waals surface area contributed by atoms with Gasteiger partial charge in [-0.05, 0) is 0 Å². The first-order chi connectivity index (χ1) is 16.0. The Kier molecular flexibility index (Phi) is 5.91. The van der Waals surface area contributed by atoms with Gasteiger partial charge in [-0.3, -0.25) is 0 Å². The van der Waals surface area contributed by atoms with Gasteiger partial charge in [0.2, 0.25) is 0 Å². The van der Waals surface area contributed by atoms with Gasteiger partial charge in [-0.1, -0.05) is 0 Å². The van der Waals surface area contributed by atoms with Crippen molar-refractivity contribution in [3.63, 3.8) is 0 Å². The topological polar surface area (TPSA) is 0 Å². The molecule has 3 aliphatic rings. The molecule has 2 unspecified atom stereocenters. The van der Waals surface area contributed by atoms with Crippen LogP contribution in [0.1, 0.15) is 95.5 Å². The van der Waals surface area contributed by atoms with E-state index in [4.69, 9.17) is 0 Å². The van der Waals surface area contributed by atoms with Crippen LogP contribution in [0.2, 0.25) is 3.17 Å². The van der Waals surface area contributed by atoms with Crippen LogP contribution < -0.4 is 0 Å². The van der Waals surface area contributed by atoms with E-state index >= 15 is 0 Å². The summed E-state index contributed by atoms with van der Waals surface area (Å²) in [5.41, 5.74) is 14.7. The summed E-state index contributed by atoms with van der Waals surface area (Å²) in [5, 5.41) is 0. The summed E-state index contributed by atoms with van der Waals surface area (Å²) in [6, 6.07) is 16.5. The van der Waals surface area contributed by atoms with Gasteiger partial charge >= 0.3 is 220 Å². The number of fused-ring (bicyclic) bond motifs is 2. The second kappa shape index (κ2) is 8.29. The molecule has 3 aliphatic carbocycles. The van der Waals surface area contributed by atoms with E-state index in [1.54, 1.807) is 39.0 Å². The minimum absolute atomic E-state index is 0.245. The molecule has 0 amide bonds. The molecule has 34 heavy (non-hydrogen) atoms. The van der Waals surface area contributed by atoms with Gasteiger partial charge in [0.15, 0.2) is 0 Å². The summed E-state index contributed by atoms with van der Waals surface area (Å²) in [6.07, 6.45) is 8.86. The molecule has 0 N–H and O–H groups in total. The first-order valence-corrected chi connectivity index (χ1v) is 16.6. The van der Waals surface area contributed by atoms with E-state index in [0.717, 1.165) is 0 Å². The summed E-state index contributed by atoms with van der Waals surface area (Å²) >= 11 is -1.30. The van der Waals surface area contributed by atoms with Crippen LogP contribution in [0.5, 0.6) is 0 Å². The summed E-state index contributed by atoms with van der Waals surface area (Å²) < 4.78 is 0.545. The first-order valence-electron chi connectivity index (χ1n) is 13.0. The molecule has 0 heterocycles. The molecule has 0 saturated heterocycles. The van der Waals surface area contributed by atoms with Gasteiger partial charge in [0.05, 0.1) is 0 Å². The zero-order valence-electron chi connectivity index (χ0n) is 22.4. The fraction of sp³-hybridized carbons (Fsp3) is 0.455. The average Bonchev–Trinajstić information content (AvgIpc) is 3.34. The molecule has 1 heteroatoms. The fourth-order valence-corrected chi connectivity index (χ4v) is 16.2. The van der Waals surface area contributed by atoms with Crippen molar-refractivity contribution in [2.45, 2.75) is 86.9 Å². The normalized spacial score (nSPS) is 25.1. The Labute approximate surface area is 219 Å². The Morgan fingerprint density at radius 1 is 0.853 bits per heavy atom. The van der Waals surface area contributed by atoms with Gasteiger partial charge in [-0.25, -0.2) is 0 Å². The Hall–Kier alpha value is -1.47. The standard InChI is InChI=1S/C23H25.C10H15.Hf/c1-16(17-7-5-4-6-8-17)11-18-9-10-19-12-20-14-23(2,3)15-21(20)13-22(18)19;1-6-7(2)9(4)10(5)8(6)3;/h4-10,12-13,16H,11,14-15H2,1-3H3;1-5H3;. The predicted octanol–water partition coefficient (Wildman–Crippen LogP) is 9.17. The molecular weight excluding hydrogens is 575 g/mol. The Morgan fingerprint density at radius 3 is 2.06 bits per heavy atom. The number of hydrogen-bond donors (Lipinski definition) is 0. The molecule has 2 aromatic carbocycles. The van der Waals surface area contributed by atoms with Crippen molar-refractivity contribution in [2.24, 2.45) is 5.41 Å². The molecule has 0 bridgehead atoms. The van der Waals surface area contributed by atoms with E-state index in [-0.39, 0.29) is 3.17 Å². The summed E-state index contributed by atoms with van der Waals surface area (Å²) in [5.74, 6) is 0.551. The van der Waals surface area contributed by atoms with Crippen LogP contribution in [0.3, 0.4) is 0 Å². The van der Waals surface area contributed by atoms with Crippen molar-refractivity contribution in [3.8, 4) is 0 Å². The second-order valence-electron chi connectivity index (χ2n) is 12.3. The van der Waals surface area contributed by atoms with E-state index < -0.39 is 22.9 Å². The van der Waals surface area contributed by atoms with E-state index in [9.17, 15) is 0 Å². The summed E-state index contributed by atoms with van der Waals surface area (Å²) in [4.78, 5) is 0. The van der Waals surface area contributed by atoms with Gasteiger partial charge in [0.25, 0.3) is 0 Å². The molecule has 0 aromatic heterocycles. The van der Waals surface area contributed by atoms with Crippen molar-refractivity contribution in [3.05, 3.63) is 98.7 Å². The molecule has 0 fully saturated rings. The van der Waals surface area contributed by atoms with Crippen LogP contribution in [0.15, 0.2) is 70.8 Å². The molecule has 2 aromatic rings. The van der Waals surface area contributed by atoms with Crippen LogP contribution in [0.4, 0.5) is 0 Å². The molecule has 0 aliphatic heterocycles. The number of allylic oxidation sites excluding steroid dienone is 5. The van der Waals surface area contributed by atoms with Crippen LogP contribution in [0, 0.1) is 5.41 Å². The molecule has 0 radical (unpaired) electrons. The average molecular weight is 615 g/mol. The van der Waals surface area contributed by atoms with Crippen molar-refractivity contribution in [2.75, 3.05) is 0 Å². The SMILES string of the molecule is CC1=C(C)[C](C)([Hf][C]2(CC(C)c3ccccc3)C=Cc3cc4c(cc32)CC(C)(C)C4)C(C)=C1C. The third kappa shape index (κ3) is 3.82. The van der Waals surface area contributed by atoms with Crippen molar-refractivity contribution in [1.82, 2.24) is 0 Å². The third-order valence-electron chi connectivity index (χ3n) is 9.40. The summed E-state index contributed by atoms with van der Waals surface area (Å²) in [7, 11) is 0. The quantitative estimate of drug-likeness (QED) is 0.295. The number of rotatable bonds is 5. The van der Waals surface area contributed by atoms with Crippen LogP contribution in [-0.2, 0) is 38.9 Å². The molecule has 0 spiro atoms. The van der Waals surface area contributed by atoms with E-state index in [0.29, 0.717) is 14.5 Å². The summed E-state index contributed by atoms with van der Waals surface area (Å²) in [6.45, 7) is 19.5. The molecule has 176 valence electrons. The first kappa shape index (κ1) is 24.2. The maximum absolute atomic E-state index is 2.68. The van der Waals surface area contributed by atoms with Gasteiger partial charge < -0.3 is 0 Å². The Bertz CT molecular complexity index is 1210. The maximum atomic E-state index is 2.68. The molecule has 5 rings (SSSR count). The number of benzene rings is 2.